The maximum absolute atomic E-state index is 14.7. The van der Waals surface area contributed by atoms with Crippen LogP contribution < -0.4 is 5.32 Å². The van der Waals surface area contributed by atoms with Crippen molar-refractivity contribution in [2.45, 2.75) is 83.8 Å². The highest BCUT2D eigenvalue weighted by molar-refractivity contribution is 7.89. The van der Waals surface area contributed by atoms with Gasteiger partial charge >= 0.3 is 0 Å². The maximum Gasteiger partial charge on any atom is 0.223 e. The van der Waals surface area contributed by atoms with E-state index >= 15 is 0 Å². The summed E-state index contributed by atoms with van der Waals surface area (Å²) >= 11 is 0. The molecule has 4 fully saturated rings. The third-order valence-electron chi connectivity index (χ3n) is 8.34. The lowest BCUT2D eigenvalue weighted by atomic mass is 9.80. The van der Waals surface area contributed by atoms with Crippen molar-refractivity contribution in [1.29, 1.82) is 0 Å². The van der Waals surface area contributed by atoms with Gasteiger partial charge in [0.25, 0.3) is 0 Å². The molecule has 1 aliphatic carbocycles. The Morgan fingerprint density at radius 1 is 1.08 bits per heavy atom. The summed E-state index contributed by atoms with van der Waals surface area (Å²) in [6.07, 6.45) is 10.1. The van der Waals surface area contributed by atoms with Crippen molar-refractivity contribution in [2.24, 2.45) is 5.92 Å². The molecule has 2 bridgehead atoms. The van der Waals surface area contributed by atoms with Crippen LogP contribution >= 0.6 is 0 Å². The van der Waals surface area contributed by atoms with Gasteiger partial charge in [-0.1, -0.05) is 0 Å². The van der Waals surface area contributed by atoms with Crippen molar-refractivity contribution < 1.29 is 12.8 Å². The molecule has 0 aromatic carbocycles. The second kappa shape index (κ2) is 10.9. The van der Waals surface area contributed by atoms with Gasteiger partial charge in [-0.25, -0.2) is 32.1 Å². The van der Waals surface area contributed by atoms with Crippen LogP contribution in [0.25, 0.3) is 11.4 Å². The highest BCUT2D eigenvalue weighted by Gasteiger charge is 2.34. The predicted molar refractivity (Wildman–Crippen MR) is 142 cm³/mol. The van der Waals surface area contributed by atoms with E-state index in [1.807, 2.05) is 25.3 Å². The average Bonchev–Trinajstić information content (AvgIpc) is 3.27. The molecule has 2 aromatic rings. The van der Waals surface area contributed by atoms with Crippen LogP contribution in [0.15, 0.2) is 12.4 Å². The lowest BCUT2D eigenvalue weighted by Crippen LogP contribution is -2.48. The van der Waals surface area contributed by atoms with Gasteiger partial charge < -0.3 is 14.8 Å². The van der Waals surface area contributed by atoms with Gasteiger partial charge in [0.1, 0.15) is 11.5 Å². The number of fused-ring (bicyclic) bond motifs is 3. The Hall–Kier alpha value is -2.11. The summed E-state index contributed by atoms with van der Waals surface area (Å²) in [5.41, 5.74) is 0.836. The molecule has 204 valence electrons. The highest BCUT2D eigenvalue weighted by atomic mass is 32.2. The van der Waals surface area contributed by atoms with Crippen LogP contribution in [-0.2, 0) is 10.0 Å². The van der Waals surface area contributed by atoms with E-state index in [-0.39, 0.29) is 23.5 Å². The van der Waals surface area contributed by atoms with E-state index in [1.54, 1.807) is 10.5 Å². The molecular weight excluding hydrogens is 493 g/mol. The fourth-order valence-electron chi connectivity index (χ4n) is 6.38. The molecule has 6 rings (SSSR count). The smallest absolute Gasteiger partial charge is 0.223 e. The molecule has 0 amide bonds. The van der Waals surface area contributed by atoms with Gasteiger partial charge in [-0.15, -0.1) is 0 Å². The number of piperidine rings is 3. The van der Waals surface area contributed by atoms with E-state index in [0.717, 1.165) is 24.8 Å². The van der Waals surface area contributed by atoms with E-state index in [4.69, 9.17) is 0 Å². The van der Waals surface area contributed by atoms with Crippen molar-refractivity contribution in [3.8, 4) is 11.4 Å². The summed E-state index contributed by atoms with van der Waals surface area (Å²) in [6, 6.07) is 0.814. The highest BCUT2D eigenvalue weighted by Crippen LogP contribution is 2.34. The van der Waals surface area contributed by atoms with E-state index in [0.29, 0.717) is 50.0 Å². The van der Waals surface area contributed by atoms with Gasteiger partial charge in [0.05, 0.1) is 23.8 Å². The minimum atomic E-state index is -3.26. The monoisotopic (exact) mass is 533 g/mol. The number of aromatic nitrogens is 4. The van der Waals surface area contributed by atoms with Gasteiger partial charge in [0.2, 0.25) is 16.0 Å². The fraction of sp³-hybridized carbons (Fsp3) is 0.731. The van der Waals surface area contributed by atoms with Gasteiger partial charge in [0, 0.05) is 37.8 Å². The van der Waals surface area contributed by atoms with Gasteiger partial charge in [-0.05, 0) is 78.2 Å². The number of hydrogen-bond donors (Lipinski definition) is 1. The number of anilines is 1. The van der Waals surface area contributed by atoms with Gasteiger partial charge in [-0.2, -0.15) is 0 Å². The molecule has 0 radical (unpaired) electrons. The summed E-state index contributed by atoms with van der Waals surface area (Å²) in [4.78, 5) is 15.5. The molecule has 5 heterocycles. The molecule has 9 nitrogen and oxygen atoms in total. The molecule has 0 spiro atoms. The number of imidazole rings is 1. The van der Waals surface area contributed by atoms with Crippen LogP contribution in [-0.4, -0.2) is 81.2 Å². The average molecular weight is 534 g/mol. The predicted octanol–water partition coefficient (Wildman–Crippen LogP) is 3.84. The zero-order chi connectivity index (χ0) is 26.2. The summed E-state index contributed by atoms with van der Waals surface area (Å²) in [5, 5.41) is 3.30. The fourth-order valence-corrected chi connectivity index (χ4v) is 7.90. The Morgan fingerprint density at radius 2 is 1.81 bits per heavy atom. The first-order chi connectivity index (χ1) is 17.7. The molecule has 1 N–H and O–H groups in total. The van der Waals surface area contributed by atoms with E-state index in [9.17, 15) is 12.8 Å². The van der Waals surface area contributed by atoms with Crippen LogP contribution in [0.3, 0.4) is 0 Å². The summed E-state index contributed by atoms with van der Waals surface area (Å²) in [5.74, 6) is 1.69. The van der Waals surface area contributed by atoms with Crippen LogP contribution in [0.4, 0.5) is 10.3 Å². The first kappa shape index (κ1) is 26.5. The Kier molecular flexibility index (Phi) is 7.83. The third kappa shape index (κ3) is 5.83. The van der Waals surface area contributed by atoms with E-state index in [2.05, 4.69) is 25.2 Å². The quantitative estimate of drug-likeness (QED) is 0.523. The normalized spacial score (nSPS) is 23.7. The molecule has 4 aliphatic rings. The Labute approximate surface area is 219 Å². The molecule has 2 aromatic heterocycles. The topological polar surface area (TPSA) is 96.2 Å². The second-order valence-corrected chi connectivity index (χ2v) is 13.3. The minimum Gasteiger partial charge on any atom is -0.351 e. The summed E-state index contributed by atoms with van der Waals surface area (Å²) in [6.45, 7) is 8.92. The summed E-state index contributed by atoms with van der Waals surface area (Å²) < 4.78 is 44.2. The van der Waals surface area contributed by atoms with Crippen LogP contribution in [0.1, 0.15) is 70.7 Å². The van der Waals surface area contributed by atoms with Crippen LogP contribution in [0.5, 0.6) is 0 Å². The van der Waals surface area contributed by atoms with Gasteiger partial charge in [0.15, 0.2) is 5.82 Å². The Balaban J connectivity index is 1.14. The number of hydrogen-bond acceptors (Lipinski definition) is 7. The number of aryl methyl sites for hydroxylation is 1. The zero-order valence-corrected chi connectivity index (χ0v) is 23.1. The van der Waals surface area contributed by atoms with Crippen molar-refractivity contribution in [3.05, 3.63) is 24.0 Å². The molecule has 37 heavy (non-hydrogen) atoms. The van der Waals surface area contributed by atoms with Crippen LogP contribution in [0, 0.1) is 18.7 Å². The molecule has 11 heteroatoms. The largest absolute Gasteiger partial charge is 0.351 e. The second-order valence-electron chi connectivity index (χ2n) is 11.2. The SMILES string of the molecule is Cc1ncc(-c2nc(NC3CCN(S(=O)(=O)CCCN4CC5CCC4CC5)CC3)ncc2F)n1C(C)C. The molecule has 3 saturated heterocycles. The van der Waals surface area contributed by atoms with Crippen LogP contribution in [0.2, 0.25) is 0 Å². The molecule has 3 aliphatic heterocycles. The van der Waals surface area contributed by atoms with E-state index in [1.165, 1.54) is 31.9 Å². The summed E-state index contributed by atoms with van der Waals surface area (Å²) in [7, 11) is -3.26. The first-order valence-electron chi connectivity index (χ1n) is 13.8. The molecule has 0 unspecified atom stereocenters. The molecule has 0 atom stereocenters. The minimum absolute atomic E-state index is 0.0328. The number of rotatable bonds is 9. The molecular formula is C26H40FN7O2S. The lowest BCUT2D eigenvalue weighted by Gasteiger charge is -2.45. The van der Waals surface area contributed by atoms with Crippen molar-refractivity contribution in [1.82, 2.24) is 28.7 Å². The third-order valence-corrected chi connectivity index (χ3v) is 10.3. The molecule has 1 saturated carbocycles. The number of nitrogens with zero attached hydrogens (tertiary/aromatic N) is 6. The van der Waals surface area contributed by atoms with Crippen molar-refractivity contribution in [3.63, 3.8) is 0 Å². The standard InChI is InChI=1S/C26H40FN7O2S/c1-18(2)34-19(3)28-16-24(34)25-23(27)15-29-26(31-25)30-21-9-12-33(13-10-21)37(35,36)14-4-11-32-17-20-5-7-22(32)8-6-20/h15-16,18,20-22H,4-14,17H2,1-3H3,(H,29,30,31). The number of sulfonamides is 1. The van der Waals surface area contributed by atoms with Gasteiger partial charge in [-0.3, -0.25) is 0 Å². The van der Waals surface area contributed by atoms with Crippen molar-refractivity contribution >= 4 is 16.0 Å². The Bertz CT molecular complexity index is 1190. The lowest BCUT2D eigenvalue weighted by molar-refractivity contribution is 0.0494. The zero-order valence-electron chi connectivity index (χ0n) is 22.2. The Morgan fingerprint density at radius 3 is 2.46 bits per heavy atom. The van der Waals surface area contributed by atoms with E-state index < -0.39 is 15.8 Å². The number of nitrogens with one attached hydrogen (secondary N) is 1. The first-order valence-corrected chi connectivity index (χ1v) is 15.4. The number of halogens is 1. The maximum atomic E-state index is 14.7. The van der Waals surface area contributed by atoms with Crippen molar-refractivity contribution in [2.75, 3.05) is 37.2 Å².